The Morgan fingerprint density at radius 1 is 0.846 bits per heavy atom. The van der Waals surface area contributed by atoms with Gasteiger partial charge < -0.3 is 10.6 Å². The average Bonchev–Trinajstić information content (AvgIpc) is 2.58. The number of rotatable bonds is 5. The lowest BCUT2D eigenvalue weighted by Crippen LogP contribution is -2.16. The molecule has 2 aromatic carbocycles. The standard InChI is InChI=1S/C19H16Cl2N2O3/c1-11(19(26)23-15-7-8-16(20)17(21)10-15)9-18(25)22-14-5-3-13(4-6-14)12(2)24/h3-10H,1-2H3,(H,22,25)(H,23,26)/b11-9-. The third kappa shape index (κ3) is 5.44. The first-order valence-electron chi connectivity index (χ1n) is 7.63. The number of Topliss-reactive ketones (excluding diaryl/α,β-unsaturated/α-hetero) is 1. The van der Waals surface area contributed by atoms with Crippen molar-refractivity contribution in [1.82, 2.24) is 0 Å². The smallest absolute Gasteiger partial charge is 0.251 e. The molecule has 0 bridgehead atoms. The van der Waals surface area contributed by atoms with Crippen LogP contribution in [0.5, 0.6) is 0 Å². The predicted molar refractivity (Wildman–Crippen MR) is 104 cm³/mol. The van der Waals surface area contributed by atoms with E-state index in [2.05, 4.69) is 10.6 Å². The molecule has 0 aromatic heterocycles. The maximum atomic E-state index is 12.1. The van der Waals surface area contributed by atoms with Gasteiger partial charge in [0, 0.05) is 28.6 Å². The summed E-state index contributed by atoms with van der Waals surface area (Å²) in [5.41, 5.74) is 1.76. The van der Waals surface area contributed by atoms with Crippen LogP contribution in [0.15, 0.2) is 54.1 Å². The first kappa shape index (κ1) is 19.7. The maximum Gasteiger partial charge on any atom is 0.251 e. The SMILES string of the molecule is CC(=O)c1ccc(NC(=O)/C=C(/C)C(=O)Nc2ccc(Cl)c(Cl)c2)cc1. The molecule has 2 N–H and O–H groups in total. The third-order valence-corrected chi connectivity index (χ3v) is 4.18. The molecular formula is C19H16Cl2N2O3. The number of carbonyl (C=O) groups is 3. The molecular weight excluding hydrogens is 375 g/mol. The van der Waals surface area contributed by atoms with Crippen LogP contribution in [-0.2, 0) is 9.59 Å². The number of nitrogens with one attached hydrogen (secondary N) is 2. The van der Waals surface area contributed by atoms with Gasteiger partial charge in [0.25, 0.3) is 5.91 Å². The van der Waals surface area contributed by atoms with Gasteiger partial charge in [-0.05, 0) is 56.3 Å². The van der Waals surface area contributed by atoms with Crippen LogP contribution in [0.4, 0.5) is 11.4 Å². The molecule has 26 heavy (non-hydrogen) atoms. The number of hydrogen-bond acceptors (Lipinski definition) is 3. The minimum atomic E-state index is -0.456. The molecule has 0 aliphatic heterocycles. The Morgan fingerprint density at radius 2 is 1.46 bits per heavy atom. The van der Waals surface area contributed by atoms with E-state index in [1.807, 2.05) is 0 Å². The van der Waals surface area contributed by atoms with E-state index >= 15 is 0 Å². The summed E-state index contributed by atoms with van der Waals surface area (Å²) in [5.74, 6) is -0.953. The number of hydrogen-bond donors (Lipinski definition) is 2. The summed E-state index contributed by atoms with van der Waals surface area (Å²) < 4.78 is 0. The van der Waals surface area contributed by atoms with Gasteiger partial charge in [0.15, 0.2) is 5.78 Å². The Bertz CT molecular complexity index is 890. The summed E-state index contributed by atoms with van der Waals surface area (Å²) in [7, 11) is 0. The van der Waals surface area contributed by atoms with E-state index in [-0.39, 0.29) is 11.4 Å². The fourth-order valence-electron chi connectivity index (χ4n) is 2.03. The quantitative estimate of drug-likeness (QED) is 0.572. The molecule has 0 atom stereocenters. The number of carbonyl (C=O) groups excluding carboxylic acids is 3. The van der Waals surface area contributed by atoms with E-state index in [1.54, 1.807) is 36.4 Å². The van der Waals surface area contributed by atoms with Crippen LogP contribution in [0.1, 0.15) is 24.2 Å². The minimum Gasteiger partial charge on any atom is -0.323 e. The Labute approximate surface area is 161 Å². The molecule has 134 valence electrons. The zero-order valence-corrected chi connectivity index (χ0v) is 15.6. The second kappa shape index (κ2) is 8.65. The number of ketones is 1. The molecule has 0 fully saturated rings. The van der Waals surface area contributed by atoms with Crippen molar-refractivity contribution in [2.75, 3.05) is 10.6 Å². The van der Waals surface area contributed by atoms with E-state index < -0.39 is 11.8 Å². The molecule has 2 aromatic rings. The van der Waals surface area contributed by atoms with E-state index in [0.29, 0.717) is 27.0 Å². The molecule has 2 rings (SSSR count). The molecule has 7 heteroatoms. The lowest BCUT2D eigenvalue weighted by atomic mass is 10.1. The van der Waals surface area contributed by atoms with Crippen molar-refractivity contribution >= 4 is 52.2 Å². The van der Waals surface area contributed by atoms with Crippen LogP contribution < -0.4 is 10.6 Å². The van der Waals surface area contributed by atoms with E-state index in [1.165, 1.54) is 26.0 Å². The molecule has 0 heterocycles. The number of halogens is 2. The molecule has 0 aliphatic rings. The highest BCUT2D eigenvalue weighted by Crippen LogP contribution is 2.25. The first-order valence-corrected chi connectivity index (χ1v) is 8.38. The summed E-state index contributed by atoms with van der Waals surface area (Å²) in [6, 6.07) is 11.2. The highest BCUT2D eigenvalue weighted by Gasteiger charge is 2.09. The molecule has 0 unspecified atom stereocenters. The highest BCUT2D eigenvalue weighted by molar-refractivity contribution is 6.42. The molecule has 2 amide bonds. The Hall–Kier alpha value is -2.63. The summed E-state index contributed by atoms with van der Waals surface area (Å²) in [4.78, 5) is 35.4. The number of anilines is 2. The van der Waals surface area contributed by atoms with Crippen molar-refractivity contribution in [3.8, 4) is 0 Å². The van der Waals surface area contributed by atoms with Gasteiger partial charge >= 0.3 is 0 Å². The Kier molecular flexibility index (Phi) is 6.55. The van der Waals surface area contributed by atoms with Crippen molar-refractivity contribution in [3.63, 3.8) is 0 Å². The van der Waals surface area contributed by atoms with Crippen LogP contribution >= 0.6 is 23.2 Å². The summed E-state index contributed by atoms with van der Waals surface area (Å²) in [5, 5.41) is 5.96. The second-order valence-electron chi connectivity index (χ2n) is 5.53. The molecule has 0 spiro atoms. The fourth-order valence-corrected chi connectivity index (χ4v) is 2.33. The van der Waals surface area contributed by atoms with Crippen molar-refractivity contribution < 1.29 is 14.4 Å². The van der Waals surface area contributed by atoms with Crippen molar-refractivity contribution in [2.45, 2.75) is 13.8 Å². The van der Waals surface area contributed by atoms with Crippen molar-refractivity contribution in [1.29, 1.82) is 0 Å². The Morgan fingerprint density at radius 3 is 2.04 bits per heavy atom. The van der Waals surface area contributed by atoms with E-state index in [0.717, 1.165) is 0 Å². The van der Waals surface area contributed by atoms with Crippen molar-refractivity contribution in [3.05, 3.63) is 69.7 Å². The topological polar surface area (TPSA) is 75.3 Å². The molecule has 0 radical (unpaired) electrons. The lowest BCUT2D eigenvalue weighted by Gasteiger charge is -2.07. The maximum absolute atomic E-state index is 12.1. The van der Waals surface area contributed by atoms with Crippen LogP contribution in [0.25, 0.3) is 0 Å². The van der Waals surface area contributed by atoms with Gasteiger partial charge in [0.2, 0.25) is 5.91 Å². The molecule has 0 saturated carbocycles. The lowest BCUT2D eigenvalue weighted by molar-refractivity contribution is -0.114. The van der Waals surface area contributed by atoms with Gasteiger partial charge in [-0.25, -0.2) is 0 Å². The van der Waals surface area contributed by atoms with Gasteiger partial charge in [-0.15, -0.1) is 0 Å². The largest absolute Gasteiger partial charge is 0.323 e. The number of benzene rings is 2. The second-order valence-corrected chi connectivity index (χ2v) is 6.35. The van der Waals surface area contributed by atoms with Gasteiger partial charge in [-0.3, -0.25) is 14.4 Å². The zero-order chi connectivity index (χ0) is 19.3. The molecule has 5 nitrogen and oxygen atoms in total. The average molecular weight is 391 g/mol. The van der Waals surface area contributed by atoms with Gasteiger partial charge in [0.1, 0.15) is 0 Å². The summed E-state index contributed by atoms with van der Waals surface area (Å²) >= 11 is 11.7. The van der Waals surface area contributed by atoms with E-state index in [4.69, 9.17) is 23.2 Å². The van der Waals surface area contributed by atoms with Gasteiger partial charge in [-0.1, -0.05) is 23.2 Å². The normalized spacial score (nSPS) is 11.0. The predicted octanol–water partition coefficient (Wildman–Crippen LogP) is 4.72. The molecule has 0 aliphatic carbocycles. The van der Waals surface area contributed by atoms with Crippen LogP contribution in [0.3, 0.4) is 0 Å². The van der Waals surface area contributed by atoms with Crippen LogP contribution in [-0.4, -0.2) is 17.6 Å². The molecule has 0 saturated heterocycles. The third-order valence-electron chi connectivity index (χ3n) is 3.44. The summed E-state index contributed by atoms with van der Waals surface area (Å²) in [6.45, 7) is 2.98. The number of amides is 2. The zero-order valence-electron chi connectivity index (χ0n) is 14.1. The minimum absolute atomic E-state index is 0.0578. The fraction of sp³-hybridized carbons (Fsp3) is 0.105. The van der Waals surface area contributed by atoms with Crippen LogP contribution in [0.2, 0.25) is 10.0 Å². The van der Waals surface area contributed by atoms with E-state index in [9.17, 15) is 14.4 Å². The Balaban J connectivity index is 2.00. The monoisotopic (exact) mass is 390 g/mol. The first-order chi connectivity index (χ1) is 12.3. The van der Waals surface area contributed by atoms with Gasteiger partial charge in [-0.2, -0.15) is 0 Å². The van der Waals surface area contributed by atoms with Crippen molar-refractivity contribution in [2.24, 2.45) is 0 Å². The highest BCUT2D eigenvalue weighted by atomic mass is 35.5. The summed E-state index contributed by atoms with van der Waals surface area (Å²) in [6.07, 6.45) is 1.19. The van der Waals surface area contributed by atoms with Crippen LogP contribution in [0, 0.1) is 0 Å². The van der Waals surface area contributed by atoms with Gasteiger partial charge in [0.05, 0.1) is 10.0 Å².